The molecular formula is C13H21N3O2. The zero-order valence-electron chi connectivity index (χ0n) is 11.4. The maximum Gasteiger partial charge on any atom is 0.358 e. The summed E-state index contributed by atoms with van der Waals surface area (Å²) < 4.78 is 4.62. The summed E-state index contributed by atoms with van der Waals surface area (Å²) in [6.45, 7) is 6.45. The molecule has 0 saturated carbocycles. The van der Waals surface area contributed by atoms with Crippen molar-refractivity contribution in [1.29, 1.82) is 0 Å². The predicted octanol–water partition coefficient (Wildman–Crippen LogP) is 2.50. The molecule has 0 bridgehead atoms. The highest BCUT2D eigenvalue weighted by Gasteiger charge is 2.15. The number of aromatic nitrogens is 2. The summed E-state index contributed by atoms with van der Waals surface area (Å²) in [6.07, 6.45) is 5.23. The predicted molar refractivity (Wildman–Crippen MR) is 70.5 cm³/mol. The van der Waals surface area contributed by atoms with Gasteiger partial charge in [-0.3, -0.25) is 4.98 Å². The normalized spacial score (nSPS) is 12.3. The summed E-state index contributed by atoms with van der Waals surface area (Å²) in [4.78, 5) is 19.5. The molecule has 1 rings (SSSR count). The quantitative estimate of drug-likeness (QED) is 0.787. The number of hydrogen-bond donors (Lipinski definition) is 1. The van der Waals surface area contributed by atoms with E-state index >= 15 is 0 Å². The zero-order valence-corrected chi connectivity index (χ0v) is 11.4. The molecule has 1 atom stereocenters. The van der Waals surface area contributed by atoms with Gasteiger partial charge in [0.15, 0.2) is 5.69 Å². The molecule has 100 valence electrons. The van der Waals surface area contributed by atoms with Crippen LogP contribution < -0.4 is 5.32 Å². The van der Waals surface area contributed by atoms with Crippen LogP contribution in [-0.4, -0.2) is 29.1 Å². The van der Waals surface area contributed by atoms with Crippen LogP contribution in [0.15, 0.2) is 12.4 Å². The Hall–Kier alpha value is -1.65. The molecule has 1 aromatic heterocycles. The Labute approximate surface area is 108 Å². The third-order valence-corrected chi connectivity index (χ3v) is 3.16. The van der Waals surface area contributed by atoms with Crippen molar-refractivity contribution < 1.29 is 9.53 Å². The van der Waals surface area contributed by atoms with Crippen molar-refractivity contribution in [3.8, 4) is 0 Å². The van der Waals surface area contributed by atoms with Gasteiger partial charge in [0.05, 0.1) is 19.5 Å². The van der Waals surface area contributed by atoms with Crippen molar-refractivity contribution in [1.82, 2.24) is 9.97 Å². The van der Waals surface area contributed by atoms with E-state index in [1.54, 1.807) is 6.20 Å². The highest BCUT2D eigenvalue weighted by Crippen LogP contribution is 2.16. The van der Waals surface area contributed by atoms with Crippen molar-refractivity contribution in [3.05, 3.63) is 18.1 Å². The van der Waals surface area contributed by atoms with Gasteiger partial charge in [0.25, 0.3) is 0 Å². The van der Waals surface area contributed by atoms with Gasteiger partial charge in [-0.25, -0.2) is 9.78 Å². The van der Waals surface area contributed by atoms with E-state index in [0.717, 1.165) is 12.8 Å². The first-order chi connectivity index (χ1) is 8.62. The van der Waals surface area contributed by atoms with E-state index in [1.807, 2.05) is 0 Å². The summed E-state index contributed by atoms with van der Waals surface area (Å²) in [5, 5.41) is 3.28. The van der Waals surface area contributed by atoms with Crippen molar-refractivity contribution in [2.75, 3.05) is 12.4 Å². The second-order valence-electron chi connectivity index (χ2n) is 4.29. The number of hydrogen-bond acceptors (Lipinski definition) is 5. The van der Waals surface area contributed by atoms with Gasteiger partial charge in [-0.15, -0.1) is 0 Å². The number of methoxy groups -OCH3 is 1. The zero-order chi connectivity index (χ0) is 13.5. The van der Waals surface area contributed by atoms with E-state index < -0.39 is 5.97 Å². The second-order valence-corrected chi connectivity index (χ2v) is 4.29. The fraction of sp³-hybridized carbons (Fsp3) is 0.615. The molecular weight excluding hydrogens is 230 g/mol. The van der Waals surface area contributed by atoms with Crippen LogP contribution in [0.4, 0.5) is 5.82 Å². The van der Waals surface area contributed by atoms with Crippen LogP contribution in [0, 0.1) is 5.92 Å². The van der Waals surface area contributed by atoms with Crippen molar-refractivity contribution in [3.63, 3.8) is 0 Å². The lowest BCUT2D eigenvalue weighted by Gasteiger charge is -2.22. The second kappa shape index (κ2) is 6.93. The Bertz CT molecular complexity index is 392. The number of rotatable bonds is 6. The molecule has 1 heterocycles. The molecule has 1 unspecified atom stereocenters. The van der Waals surface area contributed by atoms with Crippen LogP contribution in [0.2, 0.25) is 0 Å². The fourth-order valence-electron chi connectivity index (χ4n) is 1.99. The largest absolute Gasteiger partial charge is 0.464 e. The van der Waals surface area contributed by atoms with Crippen molar-refractivity contribution in [2.45, 2.75) is 39.7 Å². The molecule has 0 amide bonds. The molecule has 0 aliphatic heterocycles. The van der Waals surface area contributed by atoms with Gasteiger partial charge in [-0.2, -0.15) is 0 Å². The highest BCUT2D eigenvalue weighted by molar-refractivity contribution is 5.87. The molecule has 0 aliphatic carbocycles. The Balaban J connectivity index is 2.75. The Morgan fingerprint density at radius 1 is 1.39 bits per heavy atom. The number of ether oxygens (including phenoxy) is 1. The number of nitrogens with zero attached hydrogens (tertiary/aromatic N) is 2. The van der Waals surface area contributed by atoms with E-state index in [0.29, 0.717) is 17.8 Å². The van der Waals surface area contributed by atoms with Crippen LogP contribution in [0.25, 0.3) is 0 Å². The van der Waals surface area contributed by atoms with Crippen LogP contribution in [0.5, 0.6) is 0 Å². The molecule has 5 nitrogen and oxygen atoms in total. The van der Waals surface area contributed by atoms with Crippen LogP contribution >= 0.6 is 0 Å². The van der Waals surface area contributed by atoms with Gasteiger partial charge in [0, 0.05) is 6.04 Å². The number of nitrogens with one attached hydrogen (secondary N) is 1. The third kappa shape index (κ3) is 3.68. The van der Waals surface area contributed by atoms with E-state index in [-0.39, 0.29) is 5.69 Å². The smallest absolute Gasteiger partial charge is 0.358 e. The lowest BCUT2D eigenvalue weighted by Crippen LogP contribution is -2.26. The van der Waals surface area contributed by atoms with Crippen LogP contribution in [0.1, 0.15) is 44.1 Å². The molecule has 1 aromatic rings. The fourth-order valence-corrected chi connectivity index (χ4v) is 1.99. The van der Waals surface area contributed by atoms with E-state index in [2.05, 4.69) is 40.8 Å². The summed E-state index contributed by atoms with van der Waals surface area (Å²) in [5.41, 5.74) is 0.222. The minimum absolute atomic E-state index is 0.222. The third-order valence-electron chi connectivity index (χ3n) is 3.16. The molecule has 0 radical (unpaired) electrons. The molecule has 0 saturated heterocycles. The van der Waals surface area contributed by atoms with Gasteiger partial charge in [-0.1, -0.05) is 26.7 Å². The van der Waals surface area contributed by atoms with Crippen LogP contribution in [0.3, 0.4) is 0 Å². The lowest BCUT2D eigenvalue weighted by atomic mass is 9.96. The summed E-state index contributed by atoms with van der Waals surface area (Å²) in [7, 11) is 1.33. The topological polar surface area (TPSA) is 64.1 Å². The van der Waals surface area contributed by atoms with Gasteiger partial charge >= 0.3 is 5.97 Å². The molecule has 0 aromatic carbocycles. The number of esters is 1. The highest BCUT2D eigenvalue weighted by atomic mass is 16.5. The van der Waals surface area contributed by atoms with Crippen molar-refractivity contribution >= 4 is 11.8 Å². The maximum atomic E-state index is 11.3. The summed E-state index contributed by atoms with van der Waals surface area (Å²) in [5.74, 6) is 0.715. The lowest BCUT2D eigenvalue weighted by molar-refractivity contribution is 0.0593. The Morgan fingerprint density at radius 3 is 2.61 bits per heavy atom. The average Bonchev–Trinajstić information content (AvgIpc) is 2.39. The van der Waals surface area contributed by atoms with E-state index in [1.165, 1.54) is 13.3 Å². The first kappa shape index (κ1) is 14.4. The maximum absolute atomic E-state index is 11.3. The molecule has 1 N–H and O–H groups in total. The molecule has 0 fully saturated rings. The molecule has 0 spiro atoms. The minimum atomic E-state index is -0.471. The standard InChI is InChI=1S/C13H21N3O2/c1-5-10(6-2)9(3)15-12-8-14-7-11(16-12)13(17)18-4/h7-10H,5-6H2,1-4H3,(H,15,16). The number of anilines is 1. The van der Waals surface area contributed by atoms with Crippen molar-refractivity contribution in [2.24, 2.45) is 5.92 Å². The van der Waals surface area contributed by atoms with E-state index in [4.69, 9.17) is 0 Å². The minimum Gasteiger partial charge on any atom is -0.464 e. The van der Waals surface area contributed by atoms with Gasteiger partial charge in [0.2, 0.25) is 0 Å². The van der Waals surface area contributed by atoms with Gasteiger partial charge < -0.3 is 10.1 Å². The number of carbonyl (C=O) groups excluding carboxylic acids is 1. The average molecular weight is 251 g/mol. The van der Waals surface area contributed by atoms with Crippen LogP contribution in [-0.2, 0) is 4.74 Å². The SMILES string of the molecule is CCC(CC)C(C)Nc1cncc(C(=O)OC)n1. The Kier molecular flexibility index (Phi) is 5.55. The molecule has 0 aliphatic rings. The van der Waals surface area contributed by atoms with Gasteiger partial charge in [0.1, 0.15) is 5.82 Å². The van der Waals surface area contributed by atoms with E-state index in [9.17, 15) is 4.79 Å². The first-order valence-electron chi connectivity index (χ1n) is 6.29. The molecule has 18 heavy (non-hydrogen) atoms. The summed E-state index contributed by atoms with van der Waals surface area (Å²) in [6, 6.07) is 0.294. The van der Waals surface area contributed by atoms with Gasteiger partial charge in [-0.05, 0) is 12.8 Å². The first-order valence-corrected chi connectivity index (χ1v) is 6.29. The Morgan fingerprint density at radius 2 is 2.06 bits per heavy atom. The number of carbonyl (C=O) groups is 1. The summed E-state index contributed by atoms with van der Waals surface area (Å²) >= 11 is 0. The monoisotopic (exact) mass is 251 g/mol. The molecule has 5 heteroatoms.